The van der Waals surface area contributed by atoms with E-state index in [4.69, 9.17) is 5.11 Å². The lowest BCUT2D eigenvalue weighted by molar-refractivity contribution is -0.137. The predicted octanol–water partition coefficient (Wildman–Crippen LogP) is 2.97. The van der Waals surface area contributed by atoms with E-state index in [1.54, 1.807) is 0 Å². The molecule has 0 radical (unpaired) electrons. The summed E-state index contributed by atoms with van der Waals surface area (Å²) in [7, 11) is 0. The highest BCUT2D eigenvalue weighted by Crippen LogP contribution is 2.46. The van der Waals surface area contributed by atoms with Gasteiger partial charge in [0.1, 0.15) is 11.6 Å². The van der Waals surface area contributed by atoms with Crippen LogP contribution < -0.4 is 0 Å². The zero-order chi connectivity index (χ0) is 18.0. The van der Waals surface area contributed by atoms with Crippen LogP contribution in [-0.4, -0.2) is 53.6 Å². The Balaban J connectivity index is 1.71. The molecular weight excluding hydrogens is 326 g/mol. The Bertz CT molecular complexity index is 640. The molecule has 0 aliphatic carbocycles. The molecule has 2 aliphatic heterocycles. The van der Waals surface area contributed by atoms with Crippen LogP contribution in [0, 0.1) is 23.0 Å². The predicted molar refractivity (Wildman–Crippen MR) is 91.2 cm³/mol. The maximum absolute atomic E-state index is 14.0. The smallest absolute Gasteiger partial charge is 0.303 e. The van der Waals surface area contributed by atoms with Crippen molar-refractivity contribution in [2.75, 3.05) is 32.7 Å². The molecule has 4 nitrogen and oxygen atoms in total. The minimum atomic E-state index is -0.759. The summed E-state index contributed by atoms with van der Waals surface area (Å²) >= 11 is 0. The van der Waals surface area contributed by atoms with Gasteiger partial charge in [0, 0.05) is 56.2 Å². The topological polar surface area (TPSA) is 43.8 Å². The van der Waals surface area contributed by atoms with E-state index in [-0.39, 0.29) is 11.8 Å². The van der Waals surface area contributed by atoms with Gasteiger partial charge in [-0.2, -0.15) is 0 Å². The molecule has 2 atom stereocenters. The van der Waals surface area contributed by atoms with Crippen LogP contribution in [0.15, 0.2) is 18.2 Å². The van der Waals surface area contributed by atoms with Gasteiger partial charge in [-0.3, -0.25) is 9.69 Å². The van der Waals surface area contributed by atoms with Crippen molar-refractivity contribution in [2.45, 2.75) is 32.7 Å². The fourth-order valence-corrected chi connectivity index (χ4v) is 4.61. The molecule has 0 aromatic heterocycles. The van der Waals surface area contributed by atoms with Crippen LogP contribution >= 0.6 is 0 Å². The molecular formula is C19H26F2N2O2. The number of fused-ring (bicyclic) bond motifs is 1. The molecule has 25 heavy (non-hydrogen) atoms. The molecule has 2 aliphatic rings. The zero-order valence-electron chi connectivity index (χ0n) is 14.7. The van der Waals surface area contributed by atoms with Gasteiger partial charge in [0.05, 0.1) is 0 Å². The van der Waals surface area contributed by atoms with E-state index in [0.717, 1.165) is 45.2 Å². The first kappa shape index (κ1) is 18.3. The Hall–Kier alpha value is -1.53. The van der Waals surface area contributed by atoms with Crippen LogP contribution in [0.1, 0.15) is 31.7 Å². The van der Waals surface area contributed by atoms with Gasteiger partial charge in [-0.05, 0) is 31.4 Å². The van der Waals surface area contributed by atoms with Crippen LogP contribution in [0.2, 0.25) is 0 Å². The third-order valence-corrected chi connectivity index (χ3v) is 5.69. The molecule has 2 fully saturated rings. The fraction of sp³-hybridized carbons (Fsp3) is 0.632. The maximum Gasteiger partial charge on any atom is 0.303 e. The number of nitrogens with zero attached hydrogens (tertiary/aromatic N) is 2. The van der Waals surface area contributed by atoms with E-state index in [0.29, 0.717) is 24.4 Å². The van der Waals surface area contributed by atoms with E-state index in [1.807, 2.05) is 0 Å². The highest BCUT2D eigenvalue weighted by Gasteiger charge is 2.51. The minimum absolute atomic E-state index is 0.0237. The van der Waals surface area contributed by atoms with Crippen molar-refractivity contribution < 1.29 is 18.7 Å². The standard InChI is InChI=1S/C19H26F2N2O2/c1-2-7-22-10-15-11-23(9-14-3-4-16(20)8-17(14)21)13-19(15,12-22)6-5-18(24)25/h3-4,8,15H,2,5-7,9-13H2,1H3,(H,24,25). The monoisotopic (exact) mass is 352 g/mol. The molecule has 0 bridgehead atoms. The maximum atomic E-state index is 14.0. The molecule has 0 saturated carbocycles. The van der Waals surface area contributed by atoms with Crippen LogP contribution in [0.3, 0.4) is 0 Å². The lowest BCUT2D eigenvalue weighted by Gasteiger charge is -2.29. The lowest BCUT2D eigenvalue weighted by atomic mass is 9.77. The minimum Gasteiger partial charge on any atom is -0.481 e. The Kier molecular flexibility index (Phi) is 5.39. The molecule has 0 spiro atoms. The average Bonchev–Trinajstić information content (AvgIpc) is 3.02. The van der Waals surface area contributed by atoms with E-state index in [1.165, 1.54) is 12.1 Å². The number of likely N-dealkylation sites (tertiary alicyclic amines) is 2. The summed E-state index contributed by atoms with van der Waals surface area (Å²) in [4.78, 5) is 15.7. The second-order valence-corrected chi connectivity index (χ2v) is 7.59. The van der Waals surface area contributed by atoms with E-state index in [2.05, 4.69) is 16.7 Å². The number of carbonyl (C=O) groups is 1. The number of carboxylic acids is 1. The number of halogens is 2. The molecule has 1 N–H and O–H groups in total. The van der Waals surface area contributed by atoms with Gasteiger partial charge < -0.3 is 10.0 Å². The van der Waals surface area contributed by atoms with Crippen molar-refractivity contribution in [2.24, 2.45) is 11.3 Å². The summed E-state index contributed by atoms with van der Waals surface area (Å²) in [5.74, 6) is -1.41. The van der Waals surface area contributed by atoms with Crippen LogP contribution in [0.4, 0.5) is 8.78 Å². The third kappa shape index (κ3) is 4.01. The summed E-state index contributed by atoms with van der Waals surface area (Å²) in [5, 5.41) is 9.11. The van der Waals surface area contributed by atoms with Crippen molar-refractivity contribution in [3.63, 3.8) is 0 Å². The Morgan fingerprint density at radius 1 is 1.28 bits per heavy atom. The second-order valence-electron chi connectivity index (χ2n) is 7.59. The summed E-state index contributed by atoms with van der Waals surface area (Å²) in [6, 6.07) is 3.72. The van der Waals surface area contributed by atoms with E-state index < -0.39 is 17.6 Å². The number of hydrogen-bond donors (Lipinski definition) is 1. The number of benzene rings is 1. The van der Waals surface area contributed by atoms with Gasteiger partial charge in [-0.25, -0.2) is 8.78 Å². The van der Waals surface area contributed by atoms with Gasteiger partial charge >= 0.3 is 5.97 Å². The first-order chi connectivity index (χ1) is 11.9. The van der Waals surface area contributed by atoms with Gasteiger partial charge in [-0.1, -0.05) is 13.0 Å². The van der Waals surface area contributed by atoms with Crippen LogP contribution in [0.25, 0.3) is 0 Å². The molecule has 2 saturated heterocycles. The highest BCUT2D eigenvalue weighted by atomic mass is 19.1. The Morgan fingerprint density at radius 2 is 2.00 bits per heavy atom. The van der Waals surface area contributed by atoms with Crippen molar-refractivity contribution in [1.82, 2.24) is 9.80 Å². The molecule has 138 valence electrons. The molecule has 2 unspecified atom stereocenters. The van der Waals surface area contributed by atoms with Crippen molar-refractivity contribution in [1.29, 1.82) is 0 Å². The van der Waals surface area contributed by atoms with Crippen LogP contribution in [-0.2, 0) is 11.3 Å². The number of aliphatic carboxylic acids is 1. The van der Waals surface area contributed by atoms with Gasteiger partial charge in [0.15, 0.2) is 0 Å². The highest BCUT2D eigenvalue weighted by molar-refractivity contribution is 5.66. The molecule has 3 rings (SSSR count). The molecule has 2 heterocycles. The number of carboxylic acid groups (broad SMARTS) is 1. The van der Waals surface area contributed by atoms with Crippen molar-refractivity contribution in [3.05, 3.63) is 35.4 Å². The SMILES string of the molecule is CCCN1CC2CN(Cc3ccc(F)cc3F)CC2(CCC(=O)O)C1. The lowest BCUT2D eigenvalue weighted by Crippen LogP contribution is -2.35. The number of rotatable bonds is 7. The molecule has 6 heteroatoms. The van der Waals surface area contributed by atoms with Gasteiger partial charge in [0.25, 0.3) is 0 Å². The average molecular weight is 352 g/mol. The first-order valence-corrected chi connectivity index (χ1v) is 9.02. The fourth-order valence-electron chi connectivity index (χ4n) is 4.61. The molecule has 1 aromatic rings. The molecule has 0 amide bonds. The van der Waals surface area contributed by atoms with E-state index in [9.17, 15) is 13.6 Å². The Morgan fingerprint density at radius 3 is 2.68 bits per heavy atom. The van der Waals surface area contributed by atoms with Crippen molar-refractivity contribution in [3.8, 4) is 0 Å². The van der Waals surface area contributed by atoms with Gasteiger partial charge in [0.2, 0.25) is 0 Å². The quantitative estimate of drug-likeness (QED) is 0.819. The summed E-state index contributed by atoms with van der Waals surface area (Å²) in [6.07, 6.45) is 1.93. The summed E-state index contributed by atoms with van der Waals surface area (Å²) in [6.45, 7) is 7.17. The normalized spacial score (nSPS) is 26.9. The number of hydrogen-bond acceptors (Lipinski definition) is 3. The largest absolute Gasteiger partial charge is 0.481 e. The van der Waals surface area contributed by atoms with E-state index >= 15 is 0 Å². The first-order valence-electron chi connectivity index (χ1n) is 9.02. The molecule has 1 aromatic carbocycles. The zero-order valence-corrected chi connectivity index (χ0v) is 14.7. The Labute approximate surface area is 147 Å². The van der Waals surface area contributed by atoms with Crippen LogP contribution in [0.5, 0.6) is 0 Å². The third-order valence-electron chi connectivity index (χ3n) is 5.69. The summed E-state index contributed by atoms with van der Waals surface area (Å²) < 4.78 is 27.0. The van der Waals surface area contributed by atoms with Gasteiger partial charge in [-0.15, -0.1) is 0 Å². The second kappa shape index (κ2) is 7.38. The van der Waals surface area contributed by atoms with Crippen molar-refractivity contribution >= 4 is 5.97 Å². The summed E-state index contributed by atoms with van der Waals surface area (Å²) in [5.41, 5.74) is 0.476.